The van der Waals surface area contributed by atoms with Crippen LogP contribution in [0.4, 0.5) is 0 Å². The fraction of sp³-hybridized carbons (Fsp3) is 1.00. The van der Waals surface area contributed by atoms with Crippen molar-refractivity contribution in [2.24, 2.45) is 0 Å². The summed E-state index contributed by atoms with van der Waals surface area (Å²) in [5, 5.41) is 17.6. The zero-order valence-corrected chi connectivity index (χ0v) is 3.76. The van der Waals surface area contributed by atoms with Crippen molar-refractivity contribution in [3.63, 3.8) is 0 Å². The summed E-state index contributed by atoms with van der Waals surface area (Å²) in [6, 6.07) is 0. The first-order valence-electron chi connectivity index (χ1n) is 1.59. The Balaban J connectivity index is 3.17. The van der Waals surface area contributed by atoms with Gasteiger partial charge >= 0.3 is 0 Å². The highest BCUT2D eigenvalue weighted by Crippen LogP contribution is 1.91. The molecule has 0 rings (SSSR count). The van der Waals surface area contributed by atoms with Crippen LogP contribution in [-0.4, -0.2) is 11.0 Å². The van der Waals surface area contributed by atoms with Crippen molar-refractivity contribution in [3.05, 3.63) is 0 Å². The largest absolute Gasteiger partial charge is 0.827 e. The smallest absolute Gasteiger partial charge is 0.0239 e. The van der Waals surface area contributed by atoms with Gasteiger partial charge in [0.05, 0.1) is 0 Å². The normalized spacial score (nSPS) is 12.0. The van der Waals surface area contributed by atoms with Crippen molar-refractivity contribution in [2.75, 3.05) is 0 Å². The quantitative estimate of drug-likeness (QED) is 0.270. The Morgan fingerprint density at radius 3 is 1.83 bits per heavy atom. The summed E-state index contributed by atoms with van der Waals surface area (Å²) < 4.78 is 0. The molecule has 0 aliphatic carbocycles. The lowest BCUT2D eigenvalue weighted by Gasteiger charge is -2.25. The molecule has 0 fully saturated rings. The van der Waals surface area contributed by atoms with E-state index in [-0.39, 0.29) is 0 Å². The van der Waals surface area contributed by atoms with E-state index in [2.05, 4.69) is 4.89 Å². The van der Waals surface area contributed by atoms with E-state index in [1.165, 1.54) is 13.8 Å². The van der Waals surface area contributed by atoms with Crippen LogP contribution >= 0.6 is 0 Å². The molecule has 0 aliphatic rings. The summed E-state index contributed by atoms with van der Waals surface area (Å²) in [5.41, 5.74) is 0. The van der Waals surface area contributed by atoms with Crippen molar-refractivity contribution in [1.82, 2.24) is 0 Å². The van der Waals surface area contributed by atoms with Gasteiger partial charge in [-0.3, -0.25) is 10.1 Å². The topological polar surface area (TPSA) is 52.5 Å². The molecule has 38 valence electrons. The van der Waals surface area contributed by atoms with E-state index >= 15 is 0 Å². The van der Waals surface area contributed by atoms with E-state index in [0.29, 0.717) is 0 Å². The van der Waals surface area contributed by atoms with Crippen LogP contribution in [0.3, 0.4) is 0 Å². The van der Waals surface area contributed by atoms with Crippen LogP contribution in [0.5, 0.6) is 0 Å². The van der Waals surface area contributed by atoms with Crippen LogP contribution in [0.15, 0.2) is 0 Å². The van der Waals surface area contributed by atoms with Crippen molar-refractivity contribution < 1.29 is 15.3 Å². The second-order valence-corrected chi connectivity index (χ2v) is 1.49. The van der Waals surface area contributed by atoms with Gasteiger partial charge < -0.3 is 5.11 Å². The molecule has 1 N–H and O–H groups in total. The summed E-state index contributed by atoms with van der Waals surface area (Å²) in [4.78, 5) is 3.38. The molecule has 0 bridgehead atoms. The predicted molar refractivity (Wildman–Crippen MR) is 17.8 cm³/mol. The monoisotopic (exact) mass is 91.0 g/mol. The Morgan fingerprint density at radius 2 is 1.83 bits per heavy atom. The maximum absolute atomic E-state index is 10.0. The molecular formula is C3H7O3-. The van der Waals surface area contributed by atoms with Gasteiger partial charge in [0.15, 0.2) is 0 Å². The molecule has 3 nitrogen and oxygen atoms in total. The Kier molecular flexibility index (Phi) is 1.52. The zero-order chi connectivity index (χ0) is 5.21. The minimum Gasteiger partial charge on any atom is -0.827 e. The zero-order valence-electron chi connectivity index (χ0n) is 3.76. The third kappa shape index (κ3) is 3.88. The van der Waals surface area contributed by atoms with E-state index in [0.717, 1.165) is 0 Å². The maximum Gasteiger partial charge on any atom is 0.0239 e. The molecule has 0 aromatic carbocycles. The first kappa shape index (κ1) is 5.88. The van der Waals surface area contributed by atoms with Crippen molar-refractivity contribution in [3.8, 4) is 0 Å². The third-order valence-corrected chi connectivity index (χ3v) is 0.220. The molecule has 0 saturated heterocycles. The Morgan fingerprint density at radius 1 is 1.67 bits per heavy atom. The van der Waals surface area contributed by atoms with Gasteiger partial charge in [-0.2, -0.15) is 0 Å². The van der Waals surface area contributed by atoms with Crippen molar-refractivity contribution in [2.45, 2.75) is 19.6 Å². The van der Waals surface area contributed by atoms with E-state index in [1.54, 1.807) is 0 Å². The van der Waals surface area contributed by atoms with E-state index < -0.39 is 5.79 Å². The highest BCUT2D eigenvalue weighted by Gasteiger charge is 1.96. The second-order valence-electron chi connectivity index (χ2n) is 1.49. The van der Waals surface area contributed by atoms with Gasteiger partial charge in [0.1, 0.15) is 0 Å². The molecule has 0 unspecified atom stereocenters. The minimum absolute atomic E-state index is 1.22. The van der Waals surface area contributed by atoms with Gasteiger partial charge in [0.2, 0.25) is 0 Å². The number of hydrogen-bond donors (Lipinski definition) is 1. The third-order valence-electron chi connectivity index (χ3n) is 0.220. The van der Waals surface area contributed by atoms with Crippen LogP contribution in [0.2, 0.25) is 0 Å². The molecule has 0 saturated carbocycles. The standard InChI is InChI=1S/C3H7O3/c1-3(2,4)6-5/h5H,1-2H3/q-1. The van der Waals surface area contributed by atoms with E-state index in [1.807, 2.05) is 0 Å². The lowest BCUT2D eigenvalue weighted by molar-refractivity contribution is -0.599. The van der Waals surface area contributed by atoms with Gasteiger partial charge in [0, 0.05) is 5.79 Å². The fourth-order valence-electron chi connectivity index (χ4n) is 0. The van der Waals surface area contributed by atoms with Gasteiger partial charge in [-0.15, -0.1) is 0 Å². The van der Waals surface area contributed by atoms with Crippen LogP contribution < -0.4 is 5.11 Å². The molecule has 0 atom stereocenters. The number of rotatable bonds is 1. The Bertz CT molecular complexity index is 35.8. The maximum atomic E-state index is 10.0. The highest BCUT2D eigenvalue weighted by molar-refractivity contribution is 4.37. The molecule has 0 spiro atoms. The molecule has 0 aromatic heterocycles. The lowest BCUT2D eigenvalue weighted by Crippen LogP contribution is -2.38. The highest BCUT2D eigenvalue weighted by atomic mass is 17.1. The first-order chi connectivity index (χ1) is 2.56. The van der Waals surface area contributed by atoms with Crippen LogP contribution in [0, 0.1) is 0 Å². The van der Waals surface area contributed by atoms with Crippen LogP contribution in [-0.2, 0) is 4.89 Å². The van der Waals surface area contributed by atoms with Gasteiger partial charge in [0.25, 0.3) is 0 Å². The second kappa shape index (κ2) is 1.55. The Hall–Kier alpha value is -0.120. The van der Waals surface area contributed by atoms with Crippen molar-refractivity contribution >= 4 is 0 Å². The predicted octanol–water partition coefficient (Wildman–Crippen LogP) is -0.428. The molecule has 3 heteroatoms. The number of hydrogen-bond acceptors (Lipinski definition) is 3. The summed E-state index contributed by atoms with van der Waals surface area (Å²) in [7, 11) is 0. The van der Waals surface area contributed by atoms with Gasteiger partial charge in [-0.1, -0.05) is 0 Å². The average molecular weight is 91.1 g/mol. The Labute approximate surface area is 36.1 Å². The fourth-order valence-corrected chi connectivity index (χ4v) is 0. The molecule has 0 aliphatic heterocycles. The van der Waals surface area contributed by atoms with Crippen LogP contribution in [0.25, 0.3) is 0 Å². The SMILES string of the molecule is CC(C)([O-])OO. The lowest BCUT2D eigenvalue weighted by atomic mass is 10.4. The summed E-state index contributed by atoms with van der Waals surface area (Å²) >= 11 is 0. The average Bonchev–Trinajstić information content (AvgIpc) is 1.35. The molecule has 0 radical (unpaired) electrons. The summed E-state index contributed by atoms with van der Waals surface area (Å²) in [6.45, 7) is 2.43. The van der Waals surface area contributed by atoms with E-state index in [4.69, 9.17) is 5.26 Å². The van der Waals surface area contributed by atoms with Crippen molar-refractivity contribution in [1.29, 1.82) is 0 Å². The van der Waals surface area contributed by atoms with Crippen LogP contribution in [0.1, 0.15) is 13.8 Å². The van der Waals surface area contributed by atoms with E-state index in [9.17, 15) is 5.11 Å². The molecule has 0 amide bonds. The molecular weight excluding hydrogens is 84.0 g/mol. The summed E-state index contributed by atoms with van der Waals surface area (Å²) in [5.74, 6) is -1.65. The molecule has 6 heavy (non-hydrogen) atoms. The molecule has 0 heterocycles. The minimum atomic E-state index is -1.65. The van der Waals surface area contributed by atoms with Gasteiger partial charge in [-0.25, -0.2) is 0 Å². The van der Waals surface area contributed by atoms with Gasteiger partial charge in [-0.05, 0) is 13.8 Å². The molecule has 0 aromatic rings. The first-order valence-corrected chi connectivity index (χ1v) is 1.59. The summed E-state index contributed by atoms with van der Waals surface area (Å²) in [6.07, 6.45) is 0.